The van der Waals surface area contributed by atoms with Gasteiger partial charge in [0.25, 0.3) is 0 Å². The van der Waals surface area contributed by atoms with E-state index in [1.54, 1.807) is 0 Å². The standard InChI is InChI=1S/C17H36N4/c1-15(2)12-21-6-5-18-17(14-21)11-16(3)13-20-9-7-19(4)8-10-20/h15-18H,5-14H2,1-4H3. The van der Waals surface area contributed by atoms with Gasteiger partial charge in [-0.1, -0.05) is 20.8 Å². The molecule has 0 aliphatic carbocycles. The van der Waals surface area contributed by atoms with Crippen molar-refractivity contribution in [2.24, 2.45) is 11.8 Å². The van der Waals surface area contributed by atoms with Crippen LogP contribution in [-0.4, -0.2) is 86.7 Å². The normalized spacial score (nSPS) is 28.1. The quantitative estimate of drug-likeness (QED) is 0.795. The van der Waals surface area contributed by atoms with E-state index < -0.39 is 0 Å². The molecule has 0 amide bonds. The predicted octanol–water partition coefficient (Wildman–Crippen LogP) is 1.19. The summed E-state index contributed by atoms with van der Waals surface area (Å²) < 4.78 is 0. The number of hydrogen-bond acceptors (Lipinski definition) is 4. The van der Waals surface area contributed by atoms with E-state index in [1.165, 1.54) is 65.3 Å². The lowest BCUT2D eigenvalue weighted by molar-refractivity contribution is 0.124. The van der Waals surface area contributed by atoms with Crippen LogP contribution in [0.5, 0.6) is 0 Å². The van der Waals surface area contributed by atoms with E-state index >= 15 is 0 Å². The monoisotopic (exact) mass is 296 g/mol. The van der Waals surface area contributed by atoms with Crippen molar-refractivity contribution in [2.75, 3.05) is 66.0 Å². The molecule has 2 atom stereocenters. The van der Waals surface area contributed by atoms with Gasteiger partial charge in [0.15, 0.2) is 0 Å². The molecule has 0 aromatic carbocycles. The summed E-state index contributed by atoms with van der Waals surface area (Å²) in [5, 5.41) is 3.73. The van der Waals surface area contributed by atoms with Gasteiger partial charge in [0.2, 0.25) is 0 Å². The minimum Gasteiger partial charge on any atom is -0.311 e. The van der Waals surface area contributed by atoms with Gasteiger partial charge >= 0.3 is 0 Å². The molecule has 2 aliphatic rings. The molecular formula is C17H36N4. The average Bonchev–Trinajstić information content (AvgIpc) is 2.41. The van der Waals surface area contributed by atoms with Crippen LogP contribution < -0.4 is 5.32 Å². The molecule has 0 bridgehead atoms. The largest absolute Gasteiger partial charge is 0.311 e. The lowest BCUT2D eigenvalue weighted by Gasteiger charge is -2.37. The first-order chi connectivity index (χ1) is 10.0. The van der Waals surface area contributed by atoms with E-state index in [1.807, 2.05) is 0 Å². The van der Waals surface area contributed by atoms with E-state index in [0.717, 1.165) is 11.8 Å². The molecule has 4 nitrogen and oxygen atoms in total. The number of nitrogens with zero attached hydrogens (tertiary/aromatic N) is 3. The smallest absolute Gasteiger partial charge is 0.0198 e. The molecule has 0 spiro atoms. The molecule has 2 unspecified atom stereocenters. The van der Waals surface area contributed by atoms with Crippen molar-refractivity contribution in [3.63, 3.8) is 0 Å². The number of piperazine rings is 2. The lowest BCUT2D eigenvalue weighted by Crippen LogP contribution is -2.52. The van der Waals surface area contributed by atoms with Crippen molar-refractivity contribution in [3.05, 3.63) is 0 Å². The van der Waals surface area contributed by atoms with Crippen molar-refractivity contribution >= 4 is 0 Å². The van der Waals surface area contributed by atoms with Gasteiger partial charge in [-0.25, -0.2) is 0 Å². The number of rotatable bonds is 6. The summed E-state index contributed by atoms with van der Waals surface area (Å²) >= 11 is 0. The summed E-state index contributed by atoms with van der Waals surface area (Å²) in [4.78, 5) is 7.74. The van der Waals surface area contributed by atoms with Crippen LogP contribution in [0, 0.1) is 11.8 Å². The van der Waals surface area contributed by atoms with Gasteiger partial charge in [-0.2, -0.15) is 0 Å². The molecule has 4 heteroatoms. The Morgan fingerprint density at radius 3 is 2.33 bits per heavy atom. The molecule has 0 aromatic heterocycles. The fourth-order valence-corrected chi connectivity index (χ4v) is 3.77. The van der Waals surface area contributed by atoms with Crippen LogP contribution in [0.25, 0.3) is 0 Å². The van der Waals surface area contributed by atoms with Crippen molar-refractivity contribution < 1.29 is 0 Å². The average molecular weight is 297 g/mol. The molecule has 2 fully saturated rings. The topological polar surface area (TPSA) is 21.8 Å². The number of likely N-dealkylation sites (N-methyl/N-ethyl adjacent to an activating group) is 1. The summed E-state index contributed by atoms with van der Waals surface area (Å²) in [5.41, 5.74) is 0. The van der Waals surface area contributed by atoms with Crippen molar-refractivity contribution in [2.45, 2.75) is 33.2 Å². The summed E-state index contributed by atoms with van der Waals surface area (Å²) in [6.45, 7) is 18.2. The van der Waals surface area contributed by atoms with E-state index in [4.69, 9.17) is 0 Å². The third kappa shape index (κ3) is 6.23. The van der Waals surface area contributed by atoms with Gasteiger partial charge in [0.1, 0.15) is 0 Å². The van der Waals surface area contributed by atoms with E-state index in [2.05, 4.69) is 47.8 Å². The Morgan fingerprint density at radius 2 is 1.67 bits per heavy atom. The molecule has 1 N–H and O–H groups in total. The number of nitrogens with one attached hydrogen (secondary N) is 1. The number of hydrogen-bond donors (Lipinski definition) is 1. The van der Waals surface area contributed by atoms with Crippen molar-refractivity contribution in [3.8, 4) is 0 Å². The van der Waals surface area contributed by atoms with Gasteiger partial charge in [0, 0.05) is 64.9 Å². The zero-order valence-corrected chi connectivity index (χ0v) is 14.6. The Hall–Kier alpha value is -0.160. The van der Waals surface area contributed by atoms with Gasteiger partial charge in [-0.3, -0.25) is 0 Å². The fourth-order valence-electron chi connectivity index (χ4n) is 3.77. The van der Waals surface area contributed by atoms with E-state index in [9.17, 15) is 0 Å². The maximum Gasteiger partial charge on any atom is 0.0198 e. The highest BCUT2D eigenvalue weighted by molar-refractivity contribution is 4.82. The maximum absolute atomic E-state index is 3.73. The summed E-state index contributed by atoms with van der Waals surface area (Å²) in [6, 6.07) is 0.694. The highest BCUT2D eigenvalue weighted by Crippen LogP contribution is 2.14. The Labute approximate surface area is 131 Å². The molecule has 2 heterocycles. The Morgan fingerprint density at radius 1 is 0.952 bits per heavy atom. The van der Waals surface area contributed by atoms with Crippen molar-refractivity contribution in [1.82, 2.24) is 20.0 Å². The second-order valence-electron chi connectivity index (χ2n) is 7.75. The first-order valence-electron chi connectivity index (χ1n) is 8.89. The molecule has 2 saturated heterocycles. The van der Waals surface area contributed by atoms with Crippen molar-refractivity contribution in [1.29, 1.82) is 0 Å². The Balaban J connectivity index is 1.68. The second kappa shape index (κ2) is 8.47. The SMILES string of the molecule is CC(C)CN1CCNC(CC(C)CN2CCN(C)CC2)C1. The van der Waals surface area contributed by atoms with Gasteiger partial charge < -0.3 is 20.0 Å². The summed E-state index contributed by atoms with van der Waals surface area (Å²) in [5.74, 6) is 1.58. The molecule has 2 aliphatic heterocycles. The Bertz CT molecular complexity index is 287. The van der Waals surface area contributed by atoms with Crippen LogP contribution in [0.2, 0.25) is 0 Å². The summed E-state index contributed by atoms with van der Waals surface area (Å²) in [6.07, 6.45) is 1.32. The van der Waals surface area contributed by atoms with Crippen LogP contribution in [0.4, 0.5) is 0 Å². The van der Waals surface area contributed by atoms with Crippen LogP contribution in [0.1, 0.15) is 27.2 Å². The first-order valence-corrected chi connectivity index (χ1v) is 8.89. The zero-order valence-electron chi connectivity index (χ0n) is 14.6. The van der Waals surface area contributed by atoms with Gasteiger partial charge in [-0.05, 0) is 25.3 Å². The molecule has 0 aromatic rings. The maximum atomic E-state index is 3.73. The molecule has 124 valence electrons. The predicted molar refractivity (Wildman–Crippen MR) is 90.8 cm³/mol. The first kappa shape index (κ1) is 17.2. The minimum absolute atomic E-state index is 0.694. The molecule has 21 heavy (non-hydrogen) atoms. The van der Waals surface area contributed by atoms with Crippen LogP contribution in [0.15, 0.2) is 0 Å². The second-order valence-corrected chi connectivity index (χ2v) is 7.75. The molecule has 2 rings (SSSR count). The Kier molecular flexibility index (Phi) is 6.93. The van der Waals surface area contributed by atoms with Crippen LogP contribution in [-0.2, 0) is 0 Å². The highest BCUT2D eigenvalue weighted by atomic mass is 15.2. The van der Waals surface area contributed by atoms with Crippen LogP contribution in [0.3, 0.4) is 0 Å². The summed E-state index contributed by atoms with van der Waals surface area (Å²) in [7, 11) is 2.23. The fraction of sp³-hybridized carbons (Fsp3) is 1.00. The van der Waals surface area contributed by atoms with Gasteiger partial charge in [-0.15, -0.1) is 0 Å². The third-order valence-corrected chi connectivity index (χ3v) is 4.82. The lowest BCUT2D eigenvalue weighted by atomic mass is 9.98. The van der Waals surface area contributed by atoms with Gasteiger partial charge in [0.05, 0.1) is 0 Å². The van der Waals surface area contributed by atoms with E-state index in [-0.39, 0.29) is 0 Å². The third-order valence-electron chi connectivity index (χ3n) is 4.82. The zero-order chi connectivity index (χ0) is 15.2. The molecular weight excluding hydrogens is 260 g/mol. The van der Waals surface area contributed by atoms with Crippen LogP contribution >= 0.6 is 0 Å². The molecule has 0 radical (unpaired) electrons. The van der Waals surface area contributed by atoms with E-state index in [0.29, 0.717) is 6.04 Å². The molecule has 0 saturated carbocycles. The highest BCUT2D eigenvalue weighted by Gasteiger charge is 2.23. The minimum atomic E-state index is 0.694.